The maximum absolute atomic E-state index is 12.9. The van der Waals surface area contributed by atoms with Crippen molar-refractivity contribution in [1.29, 1.82) is 0 Å². The summed E-state index contributed by atoms with van der Waals surface area (Å²) in [7, 11) is -3.93. The van der Waals surface area contributed by atoms with Crippen LogP contribution >= 0.6 is 0 Å². The number of rotatable bonds is 9. The molecule has 0 aromatic heterocycles. The minimum Gasteiger partial charge on any atom is -0.414 e. The average molecular weight is 643 g/mol. The third-order valence-electron chi connectivity index (χ3n) is 14.1. The highest BCUT2D eigenvalue weighted by atomic mass is 28.4. The van der Waals surface area contributed by atoms with Gasteiger partial charge in [0.15, 0.2) is 16.6 Å². The molecular formula is C39H70O3Si2. The van der Waals surface area contributed by atoms with Crippen LogP contribution in [0.2, 0.25) is 36.3 Å². The van der Waals surface area contributed by atoms with Gasteiger partial charge in [-0.05, 0) is 110 Å². The molecule has 8 atom stereocenters. The highest BCUT2D eigenvalue weighted by molar-refractivity contribution is 6.74. The zero-order chi connectivity index (χ0) is 33.3. The number of hydrogen-bond acceptors (Lipinski definition) is 3. The van der Waals surface area contributed by atoms with E-state index in [4.69, 9.17) is 8.85 Å². The van der Waals surface area contributed by atoms with E-state index in [1.165, 1.54) is 25.7 Å². The number of carbonyl (C=O) groups is 1. The maximum Gasteiger partial charge on any atom is 0.192 e. The van der Waals surface area contributed by atoms with Crippen LogP contribution in [0.1, 0.15) is 128 Å². The Morgan fingerprint density at radius 3 is 2.02 bits per heavy atom. The van der Waals surface area contributed by atoms with Crippen molar-refractivity contribution < 1.29 is 13.6 Å². The molecule has 0 amide bonds. The molecule has 0 radical (unpaired) electrons. The van der Waals surface area contributed by atoms with Crippen molar-refractivity contribution in [1.82, 2.24) is 0 Å². The predicted octanol–water partition coefficient (Wildman–Crippen LogP) is 11.5. The fourth-order valence-electron chi connectivity index (χ4n) is 9.41. The molecule has 0 aliphatic heterocycles. The Hall–Kier alpha value is -0.496. The molecule has 0 unspecified atom stereocenters. The second kappa shape index (κ2) is 12.2. The smallest absolute Gasteiger partial charge is 0.192 e. The molecular weight excluding hydrogens is 573 g/mol. The monoisotopic (exact) mass is 642 g/mol. The van der Waals surface area contributed by atoms with Crippen LogP contribution in [-0.2, 0) is 13.6 Å². The van der Waals surface area contributed by atoms with Gasteiger partial charge < -0.3 is 8.85 Å². The van der Waals surface area contributed by atoms with E-state index >= 15 is 0 Å². The summed E-state index contributed by atoms with van der Waals surface area (Å²) in [6.45, 7) is 35.8. The fraction of sp³-hybridized carbons (Fsp3) is 0.872. The largest absolute Gasteiger partial charge is 0.414 e. The van der Waals surface area contributed by atoms with Gasteiger partial charge in [0.2, 0.25) is 0 Å². The van der Waals surface area contributed by atoms with Crippen molar-refractivity contribution in [3.63, 3.8) is 0 Å². The number of ketones is 1. The molecule has 0 heterocycles. The number of fused-ring (bicyclic) bond motifs is 5. The van der Waals surface area contributed by atoms with E-state index in [9.17, 15) is 4.79 Å². The molecule has 4 aliphatic rings. The summed E-state index contributed by atoms with van der Waals surface area (Å²) < 4.78 is 14.7. The van der Waals surface area contributed by atoms with Crippen LogP contribution in [0.3, 0.4) is 0 Å². The SMILES string of the molecule is CC(C)CC(=O)C[C@@H](C)[C@H]1CC[C@H]2C3=CC=C4C[C@@H](O[Si](C)(C)C(C)(C)C)C[C@H](O[Si](C)(C)C(C)(C)C)[C@]4(C)[C@H]3CC[C@]12C. The zero-order valence-electron chi connectivity index (χ0n) is 31.6. The van der Waals surface area contributed by atoms with Crippen LogP contribution in [0.4, 0.5) is 0 Å². The van der Waals surface area contributed by atoms with E-state index in [-0.39, 0.29) is 27.7 Å². The van der Waals surface area contributed by atoms with Crippen LogP contribution in [0.5, 0.6) is 0 Å². The Kier molecular flexibility index (Phi) is 10.1. The first-order valence-electron chi connectivity index (χ1n) is 18.2. The first kappa shape index (κ1) is 36.3. The van der Waals surface area contributed by atoms with Crippen molar-refractivity contribution in [2.75, 3.05) is 0 Å². The molecule has 4 rings (SSSR count). The van der Waals surface area contributed by atoms with Gasteiger partial charge in [-0.15, -0.1) is 0 Å². The van der Waals surface area contributed by atoms with Crippen LogP contribution in [0, 0.1) is 40.4 Å². The molecule has 0 N–H and O–H groups in total. The first-order chi connectivity index (χ1) is 19.9. The van der Waals surface area contributed by atoms with E-state index in [1.54, 1.807) is 11.1 Å². The fourth-order valence-corrected chi connectivity index (χ4v) is 12.2. The van der Waals surface area contributed by atoms with Crippen LogP contribution < -0.4 is 0 Å². The van der Waals surface area contributed by atoms with E-state index in [2.05, 4.69) is 115 Å². The van der Waals surface area contributed by atoms with Gasteiger partial charge in [0, 0.05) is 18.3 Å². The predicted molar refractivity (Wildman–Crippen MR) is 193 cm³/mol. The molecule has 4 aliphatic carbocycles. The molecule has 0 saturated heterocycles. The van der Waals surface area contributed by atoms with Crippen LogP contribution in [0.25, 0.3) is 0 Å². The highest BCUT2D eigenvalue weighted by Gasteiger charge is 2.60. The van der Waals surface area contributed by atoms with Crippen molar-refractivity contribution in [2.45, 2.75) is 176 Å². The summed E-state index contributed by atoms with van der Waals surface area (Å²) in [6.07, 6.45) is 14.1. The lowest BCUT2D eigenvalue weighted by molar-refractivity contribution is -0.121. The summed E-state index contributed by atoms with van der Waals surface area (Å²) in [5, 5.41) is 0.363. The summed E-state index contributed by atoms with van der Waals surface area (Å²) >= 11 is 0. The maximum atomic E-state index is 12.9. The lowest BCUT2D eigenvalue weighted by Crippen LogP contribution is -2.58. The summed E-state index contributed by atoms with van der Waals surface area (Å²) in [5.74, 6) is 3.19. The van der Waals surface area contributed by atoms with Gasteiger partial charge in [0.1, 0.15) is 5.78 Å². The third-order valence-corrected chi connectivity index (χ3v) is 23.1. The molecule has 3 nitrogen and oxygen atoms in total. The van der Waals surface area contributed by atoms with Crippen LogP contribution in [-0.4, -0.2) is 34.6 Å². The highest BCUT2D eigenvalue weighted by Crippen LogP contribution is 2.67. The second-order valence-electron chi connectivity index (χ2n) is 19.6. The number of Topliss-reactive ketones (excluding diaryl/α,β-unsaturated/α-hetero) is 1. The number of carbonyl (C=O) groups excluding carboxylic acids is 1. The van der Waals surface area contributed by atoms with E-state index in [1.807, 2.05) is 0 Å². The second-order valence-corrected chi connectivity index (χ2v) is 29.1. The molecule has 252 valence electrons. The number of allylic oxidation sites excluding steroid dienone is 3. The minimum absolute atomic E-state index is 0.0190. The molecule has 0 aromatic carbocycles. The van der Waals surface area contributed by atoms with E-state index < -0.39 is 16.6 Å². The number of hydrogen-bond donors (Lipinski definition) is 0. The Morgan fingerprint density at radius 2 is 1.45 bits per heavy atom. The summed E-state index contributed by atoms with van der Waals surface area (Å²) in [6, 6.07) is 0. The Morgan fingerprint density at radius 1 is 0.864 bits per heavy atom. The van der Waals surface area contributed by atoms with E-state index in [0.29, 0.717) is 40.8 Å². The molecule has 44 heavy (non-hydrogen) atoms. The van der Waals surface area contributed by atoms with Gasteiger partial charge >= 0.3 is 0 Å². The third kappa shape index (κ3) is 6.61. The quantitative estimate of drug-likeness (QED) is 0.235. The van der Waals surface area contributed by atoms with Gasteiger partial charge in [-0.1, -0.05) is 99.5 Å². The zero-order valence-corrected chi connectivity index (χ0v) is 33.6. The molecule has 0 aromatic rings. The van der Waals surface area contributed by atoms with Gasteiger partial charge in [-0.3, -0.25) is 4.79 Å². The Balaban J connectivity index is 1.67. The Bertz CT molecular complexity index is 1130. The van der Waals surface area contributed by atoms with Crippen molar-refractivity contribution in [3.05, 3.63) is 23.3 Å². The Labute approximate surface area is 275 Å². The molecule has 3 fully saturated rings. The topological polar surface area (TPSA) is 35.5 Å². The van der Waals surface area contributed by atoms with Gasteiger partial charge in [-0.25, -0.2) is 0 Å². The summed E-state index contributed by atoms with van der Waals surface area (Å²) in [5.41, 5.74) is 3.60. The average Bonchev–Trinajstić information content (AvgIpc) is 3.20. The molecule has 0 spiro atoms. The van der Waals surface area contributed by atoms with Crippen molar-refractivity contribution in [2.24, 2.45) is 40.4 Å². The van der Waals surface area contributed by atoms with Gasteiger partial charge in [-0.2, -0.15) is 0 Å². The van der Waals surface area contributed by atoms with Gasteiger partial charge in [0.05, 0.1) is 12.2 Å². The van der Waals surface area contributed by atoms with Gasteiger partial charge in [0.25, 0.3) is 0 Å². The molecule has 3 saturated carbocycles. The minimum atomic E-state index is -2.01. The standard InChI is InChI=1S/C39H70O3Si2/c1-26(2)22-29(40)23-27(3)32-18-19-33-31-17-16-28-24-30(41-43(12,13)36(4,5)6)25-35(42-44(14,15)37(7,8)9)39(28,11)34(31)20-21-38(32,33)10/h16-17,26-27,30,32-35H,18-25H2,1-15H3/t27-,30-,32-,33+,34+,35+,38-,39+/m1/s1. The first-order valence-corrected chi connectivity index (χ1v) is 24.0. The molecule has 5 heteroatoms. The normalized spacial score (nSPS) is 35.4. The molecule has 0 bridgehead atoms. The lowest BCUT2D eigenvalue weighted by atomic mass is 9.49. The van der Waals surface area contributed by atoms with Crippen LogP contribution in [0.15, 0.2) is 23.3 Å². The van der Waals surface area contributed by atoms with Crippen molar-refractivity contribution in [3.8, 4) is 0 Å². The van der Waals surface area contributed by atoms with E-state index in [0.717, 1.165) is 25.7 Å². The lowest BCUT2D eigenvalue weighted by Gasteiger charge is -2.59. The van der Waals surface area contributed by atoms with Crippen molar-refractivity contribution >= 4 is 22.4 Å². The summed E-state index contributed by atoms with van der Waals surface area (Å²) in [4.78, 5) is 12.9.